The molecule has 1 saturated heterocycles. The second-order valence-corrected chi connectivity index (χ2v) is 5.78. The molecule has 0 saturated carbocycles. The van der Waals surface area contributed by atoms with Crippen molar-refractivity contribution in [2.75, 3.05) is 18.8 Å². The van der Waals surface area contributed by atoms with Crippen LogP contribution in [0.1, 0.15) is 12.8 Å². The molecule has 0 amide bonds. The number of nitrogens with one attached hydrogen (secondary N) is 1. The minimum absolute atomic E-state index is 0.0740. The molecule has 2 rings (SSSR count). The molecule has 2 heterocycles. The zero-order valence-corrected chi connectivity index (χ0v) is 10.7. The SMILES string of the molecule is O=[N+]([O-])c1ccc([S@@](=O)C[C@H]2CCCNC2)nc1. The van der Waals surface area contributed by atoms with Gasteiger partial charge in [-0.3, -0.25) is 14.3 Å². The Labute approximate surface area is 107 Å². The lowest BCUT2D eigenvalue weighted by molar-refractivity contribution is -0.385. The third kappa shape index (κ3) is 3.33. The standard InChI is InChI=1S/C11H15N3O3S/c15-14(16)10-3-4-11(13-7-10)18(17)8-9-2-1-5-12-6-9/h3-4,7,9,12H,1-2,5-6,8H2/t9-,18-/m0/s1. The molecule has 1 aromatic heterocycles. The monoisotopic (exact) mass is 269 g/mol. The van der Waals surface area contributed by atoms with Gasteiger partial charge in [-0.1, -0.05) is 0 Å². The summed E-state index contributed by atoms with van der Waals surface area (Å²) >= 11 is 0. The maximum absolute atomic E-state index is 12.0. The highest BCUT2D eigenvalue weighted by Crippen LogP contribution is 2.16. The lowest BCUT2D eigenvalue weighted by atomic mass is 10.0. The van der Waals surface area contributed by atoms with E-state index < -0.39 is 15.7 Å². The molecule has 1 aliphatic rings. The zero-order chi connectivity index (χ0) is 13.0. The average molecular weight is 269 g/mol. The van der Waals surface area contributed by atoms with Gasteiger partial charge in [-0.05, 0) is 37.9 Å². The van der Waals surface area contributed by atoms with Crippen LogP contribution in [0.25, 0.3) is 0 Å². The third-order valence-corrected chi connectivity index (χ3v) is 4.43. The maximum atomic E-state index is 12.0. The number of rotatable bonds is 4. The number of piperidine rings is 1. The molecule has 98 valence electrons. The van der Waals surface area contributed by atoms with E-state index >= 15 is 0 Å². The van der Waals surface area contributed by atoms with Crippen molar-refractivity contribution in [3.8, 4) is 0 Å². The predicted octanol–water partition coefficient (Wildman–Crippen LogP) is 1.10. The Balaban J connectivity index is 1.97. The van der Waals surface area contributed by atoms with Crippen LogP contribution in [0.2, 0.25) is 0 Å². The number of nitro groups is 1. The zero-order valence-electron chi connectivity index (χ0n) is 9.87. The van der Waals surface area contributed by atoms with Gasteiger partial charge >= 0.3 is 0 Å². The molecular weight excluding hydrogens is 254 g/mol. The number of aromatic nitrogens is 1. The summed E-state index contributed by atoms with van der Waals surface area (Å²) in [5.41, 5.74) is -0.0740. The van der Waals surface area contributed by atoms with Gasteiger partial charge in [0.15, 0.2) is 0 Å². The number of hydrogen-bond donors (Lipinski definition) is 1. The summed E-state index contributed by atoms with van der Waals surface area (Å²) in [5.74, 6) is 0.967. The van der Waals surface area contributed by atoms with Crippen molar-refractivity contribution < 1.29 is 9.13 Å². The molecule has 1 aromatic rings. The van der Waals surface area contributed by atoms with Gasteiger partial charge in [0.1, 0.15) is 11.2 Å². The van der Waals surface area contributed by atoms with Crippen LogP contribution in [0.5, 0.6) is 0 Å². The van der Waals surface area contributed by atoms with Crippen LogP contribution < -0.4 is 5.32 Å². The van der Waals surface area contributed by atoms with Crippen LogP contribution in [0.3, 0.4) is 0 Å². The van der Waals surface area contributed by atoms with Gasteiger partial charge in [-0.15, -0.1) is 0 Å². The normalized spacial score (nSPS) is 21.4. The number of nitrogens with zero attached hydrogens (tertiary/aromatic N) is 2. The van der Waals surface area contributed by atoms with E-state index in [1.807, 2.05) is 0 Å². The second-order valence-electron chi connectivity index (χ2n) is 4.34. The number of pyridine rings is 1. The van der Waals surface area contributed by atoms with Crippen LogP contribution in [0, 0.1) is 16.0 Å². The quantitative estimate of drug-likeness (QED) is 0.653. The van der Waals surface area contributed by atoms with Crippen LogP contribution in [0.15, 0.2) is 23.4 Å². The Morgan fingerprint density at radius 1 is 1.56 bits per heavy atom. The van der Waals surface area contributed by atoms with Crippen molar-refractivity contribution in [1.29, 1.82) is 0 Å². The first-order valence-electron chi connectivity index (χ1n) is 5.86. The van der Waals surface area contributed by atoms with E-state index in [0.29, 0.717) is 16.7 Å². The van der Waals surface area contributed by atoms with Crippen molar-refractivity contribution >= 4 is 16.5 Å². The van der Waals surface area contributed by atoms with Crippen LogP contribution >= 0.6 is 0 Å². The molecule has 0 spiro atoms. The Morgan fingerprint density at radius 2 is 2.39 bits per heavy atom. The fourth-order valence-corrected chi connectivity index (χ4v) is 3.25. The minimum atomic E-state index is -1.18. The van der Waals surface area contributed by atoms with Crippen LogP contribution in [0.4, 0.5) is 5.69 Å². The van der Waals surface area contributed by atoms with E-state index in [9.17, 15) is 14.3 Å². The van der Waals surface area contributed by atoms with Gasteiger partial charge in [0.2, 0.25) is 0 Å². The summed E-state index contributed by atoms with van der Waals surface area (Å²) in [7, 11) is -1.18. The molecule has 1 aliphatic heterocycles. The topological polar surface area (TPSA) is 85.1 Å². The van der Waals surface area contributed by atoms with E-state index in [-0.39, 0.29) is 5.69 Å². The van der Waals surface area contributed by atoms with Crippen molar-refractivity contribution in [3.63, 3.8) is 0 Å². The number of hydrogen-bond acceptors (Lipinski definition) is 5. The maximum Gasteiger partial charge on any atom is 0.287 e. The Morgan fingerprint density at radius 3 is 2.94 bits per heavy atom. The van der Waals surface area contributed by atoms with Gasteiger partial charge < -0.3 is 5.32 Å². The predicted molar refractivity (Wildman–Crippen MR) is 67.8 cm³/mol. The molecule has 7 heteroatoms. The summed E-state index contributed by atoms with van der Waals surface area (Å²) in [6, 6.07) is 2.82. The largest absolute Gasteiger partial charge is 0.316 e. The minimum Gasteiger partial charge on any atom is -0.316 e. The van der Waals surface area contributed by atoms with Crippen molar-refractivity contribution in [2.45, 2.75) is 17.9 Å². The molecule has 6 nitrogen and oxygen atoms in total. The molecule has 18 heavy (non-hydrogen) atoms. The first kappa shape index (κ1) is 13.1. The van der Waals surface area contributed by atoms with Crippen LogP contribution in [-0.2, 0) is 10.8 Å². The molecule has 0 aromatic carbocycles. The van der Waals surface area contributed by atoms with E-state index in [0.717, 1.165) is 32.1 Å². The molecule has 0 aliphatic carbocycles. The van der Waals surface area contributed by atoms with Gasteiger partial charge in [0.25, 0.3) is 5.69 Å². The fourth-order valence-electron chi connectivity index (χ4n) is 1.98. The van der Waals surface area contributed by atoms with Crippen molar-refractivity contribution in [1.82, 2.24) is 10.3 Å². The lowest BCUT2D eigenvalue weighted by Gasteiger charge is -2.21. The van der Waals surface area contributed by atoms with Gasteiger partial charge in [-0.25, -0.2) is 4.98 Å². The Hall–Kier alpha value is -1.34. The summed E-state index contributed by atoms with van der Waals surface area (Å²) < 4.78 is 12.0. The summed E-state index contributed by atoms with van der Waals surface area (Å²) in [6.45, 7) is 1.91. The van der Waals surface area contributed by atoms with E-state index in [2.05, 4.69) is 10.3 Å². The summed E-state index contributed by atoms with van der Waals surface area (Å²) in [5, 5.41) is 14.2. The summed E-state index contributed by atoms with van der Waals surface area (Å²) in [4.78, 5) is 13.9. The van der Waals surface area contributed by atoms with Crippen molar-refractivity contribution in [3.05, 3.63) is 28.4 Å². The molecule has 1 N–H and O–H groups in total. The van der Waals surface area contributed by atoms with Gasteiger partial charge in [0, 0.05) is 11.8 Å². The van der Waals surface area contributed by atoms with E-state index in [4.69, 9.17) is 0 Å². The molecular formula is C11H15N3O3S. The smallest absolute Gasteiger partial charge is 0.287 e. The Bertz CT molecular complexity index is 443. The Kier molecular flexibility index (Phi) is 4.38. The van der Waals surface area contributed by atoms with E-state index in [1.54, 1.807) is 0 Å². The third-order valence-electron chi connectivity index (χ3n) is 2.95. The van der Waals surface area contributed by atoms with E-state index in [1.165, 1.54) is 12.1 Å². The molecule has 0 unspecified atom stereocenters. The fraction of sp³-hybridized carbons (Fsp3) is 0.545. The first-order valence-corrected chi connectivity index (χ1v) is 7.18. The molecule has 1 fully saturated rings. The van der Waals surface area contributed by atoms with Crippen LogP contribution in [-0.4, -0.2) is 33.0 Å². The summed E-state index contributed by atoms with van der Waals surface area (Å²) in [6.07, 6.45) is 3.34. The highest BCUT2D eigenvalue weighted by atomic mass is 32.2. The van der Waals surface area contributed by atoms with Crippen molar-refractivity contribution in [2.24, 2.45) is 5.92 Å². The first-order chi connectivity index (χ1) is 8.66. The highest BCUT2D eigenvalue weighted by Gasteiger charge is 2.18. The molecule has 0 bridgehead atoms. The second kappa shape index (κ2) is 6.01. The highest BCUT2D eigenvalue weighted by molar-refractivity contribution is 7.84. The lowest BCUT2D eigenvalue weighted by Crippen LogP contribution is -2.32. The van der Waals surface area contributed by atoms with Gasteiger partial charge in [-0.2, -0.15) is 0 Å². The molecule has 0 radical (unpaired) electrons. The average Bonchev–Trinajstić information content (AvgIpc) is 2.40. The molecule has 2 atom stereocenters. The van der Waals surface area contributed by atoms with Gasteiger partial charge in [0.05, 0.1) is 15.7 Å².